The van der Waals surface area contributed by atoms with Crippen molar-refractivity contribution in [1.29, 1.82) is 0 Å². The van der Waals surface area contributed by atoms with Crippen molar-refractivity contribution >= 4 is 11.6 Å². The average molecular weight is 402 g/mol. The van der Waals surface area contributed by atoms with Gasteiger partial charge in [-0.15, -0.1) is 0 Å². The molecule has 0 fully saturated rings. The fraction of sp³-hybridized carbons (Fsp3) is 0.409. The summed E-state index contributed by atoms with van der Waals surface area (Å²) >= 11 is 0. The average Bonchev–Trinajstić information content (AvgIpc) is 2.72. The third-order valence-corrected chi connectivity index (χ3v) is 3.96. The van der Waals surface area contributed by atoms with E-state index in [9.17, 15) is 5.11 Å². The number of anilines is 1. The number of aryl methyl sites for hydroxylation is 1. The molecule has 3 N–H and O–H groups in total. The van der Waals surface area contributed by atoms with Gasteiger partial charge < -0.3 is 30.0 Å². The van der Waals surface area contributed by atoms with Crippen LogP contribution in [0.5, 0.6) is 17.2 Å². The first-order valence-corrected chi connectivity index (χ1v) is 9.79. The van der Waals surface area contributed by atoms with Crippen molar-refractivity contribution in [2.75, 3.05) is 38.7 Å². The van der Waals surface area contributed by atoms with Crippen LogP contribution in [0.15, 0.2) is 47.5 Å². The van der Waals surface area contributed by atoms with Crippen LogP contribution >= 0.6 is 0 Å². The summed E-state index contributed by atoms with van der Waals surface area (Å²) in [5, 5.41) is 16.6. The first kappa shape index (κ1) is 22.4. The van der Waals surface area contributed by atoms with E-state index < -0.39 is 6.10 Å². The van der Waals surface area contributed by atoms with Gasteiger partial charge in [0.15, 0.2) is 17.5 Å². The van der Waals surface area contributed by atoms with Crippen LogP contribution < -0.4 is 24.8 Å². The summed E-state index contributed by atoms with van der Waals surface area (Å²) < 4.78 is 16.6. The lowest BCUT2D eigenvalue weighted by Gasteiger charge is -2.15. The van der Waals surface area contributed by atoms with Gasteiger partial charge in [0.25, 0.3) is 0 Å². The van der Waals surface area contributed by atoms with Crippen LogP contribution in [0.3, 0.4) is 0 Å². The van der Waals surface area contributed by atoms with Gasteiger partial charge >= 0.3 is 0 Å². The van der Waals surface area contributed by atoms with Crippen molar-refractivity contribution < 1.29 is 19.3 Å². The molecule has 29 heavy (non-hydrogen) atoms. The molecule has 1 atom stereocenters. The molecule has 2 aromatic rings. The Morgan fingerprint density at radius 1 is 1.10 bits per heavy atom. The Balaban J connectivity index is 1.96. The minimum absolute atomic E-state index is 0.170. The number of aliphatic hydroxyl groups excluding tert-OH is 1. The first-order chi connectivity index (χ1) is 14.0. The Hall–Kier alpha value is -2.93. The smallest absolute Gasteiger partial charge is 0.195 e. The summed E-state index contributed by atoms with van der Waals surface area (Å²) in [6.45, 7) is 7.53. The number of rotatable bonds is 10. The number of aliphatic hydroxyl groups is 1. The van der Waals surface area contributed by atoms with E-state index in [0.29, 0.717) is 30.6 Å². The van der Waals surface area contributed by atoms with Gasteiger partial charge in [-0.25, -0.2) is 0 Å². The van der Waals surface area contributed by atoms with Crippen molar-refractivity contribution in [3.8, 4) is 17.2 Å². The van der Waals surface area contributed by atoms with E-state index in [1.807, 2.05) is 63.2 Å². The van der Waals surface area contributed by atoms with Crippen molar-refractivity contribution in [3.05, 3.63) is 48.0 Å². The second-order valence-electron chi connectivity index (χ2n) is 6.42. The molecule has 0 heterocycles. The molecule has 7 heteroatoms. The maximum atomic E-state index is 10.2. The third-order valence-electron chi connectivity index (χ3n) is 3.96. The number of methoxy groups -OCH3 is 1. The Bertz CT molecular complexity index is 795. The lowest BCUT2D eigenvalue weighted by atomic mass is 10.2. The number of guanidine groups is 1. The second-order valence-corrected chi connectivity index (χ2v) is 6.42. The first-order valence-electron chi connectivity index (χ1n) is 9.79. The fourth-order valence-electron chi connectivity index (χ4n) is 2.61. The van der Waals surface area contributed by atoms with Crippen LogP contribution in [0.2, 0.25) is 0 Å². The number of aliphatic imine (C=N–C) groups is 1. The summed E-state index contributed by atoms with van der Waals surface area (Å²) in [4.78, 5) is 4.45. The van der Waals surface area contributed by atoms with E-state index >= 15 is 0 Å². The Labute approximate surface area is 172 Å². The molecule has 0 bridgehead atoms. The highest BCUT2D eigenvalue weighted by molar-refractivity contribution is 5.93. The number of ether oxygens (including phenoxy) is 3. The Kier molecular flexibility index (Phi) is 9.11. The molecule has 0 aliphatic carbocycles. The minimum Gasteiger partial charge on any atom is -0.493 e. The van der Waals surface area contributed by atoms with E-state index in [2.05, 4.69) is 15.6 Å². The van der Waals surface area contributed by atoms with Gasteiger partial charge in [-0.3, -0.25) is 4.99 Å². The highest BCUT2D eigenvalue weighted by Crippen LogP contribution is 2.30. The number of hydrogen-bond acceptors (Lipinski definition) is 5. The number of benzene rings is 2. The van der Waals surface area contributed by atoms with Gasteiger partial charge in [0.2, 0.25) is 0 Å². The van der Waals surface area contributed by atoms with E-state index in [4.69, 9.17) is 14.2 Å². The fourth-order valence-corrected chi connectivity index (χ4v) is 2.61. The molecule has 2 rings (SSSR count). The molecule has 158 valence electrons. The Morgan fingerprint density at radius 2 is 1.93 bits per heavy atom. The zero-order chi connectivity index (χ0) is 21.1. The molecule has 0 aromatic heterocycles. The molecule has 0 saturated carbocycles. The summed E-state index contributed by atoms with van der Waals surface area (Å²) in [6, 6.07) is 13.3. The normalized spacial score (nSPS) is 12.2. The van der Waals surface area contributed by atoms with Crippen LogP contribution in [-0.2, 0) is 0 Å². The second kappa shape index (κ2) is 11.8. The van der Waals surface area contributed by atoms with Gasteiger partial charge in [-0.1, -0.05) is 12.1 Å². The molecule has 0 amide bonds. The van der Waals surface area contributed by atoms with Gasteiger partial charge in [-0.2, -0.15) is 0 Å². The van der Waals surface area contributed by atoms with E-state index in [0.717, 1.165) is 17.0 Å². The predicted molar refractivity (Wildman–Crippen MR) is 116 cm³/mol. The monoisotopic (exact) mass is 401 g/mol. The molecular formula is C22H31N3O4. The van der Waals surface area contributed by atoms with Crippen molar-refractivity contribution in [3.63, 3.8) is 0 Å². The molecule has 7 nitrogen and oxygen atoms in total. The van der Waals surface area contributed by atoms with Crippen LogP contribution in [-0.4, -0.2) is 50.6 Å². The molecule has 1 unspecified atom stereocenters. The Morgan fingerprint density at radius 3 is 2.62 bits per heavy atom. The largest absolute Gasteiger partial charge is 0.493 e. The standard InChI is InChI=1S/C22H31N3O4/c1-5-23-22(25-17-10-11-20(28-6-2)21(13-17)27-4)24-14-18(26)15-29-19-9-7-8-16(3)12-19/h7-13,18,26H,5-6,14-15H2,1-4H3,(H2,23,24,25). The van der Waals surface area contributed by atoms with E-state index in [1.54, 1.807) is 7.11 Å². The molecule has 0 saturated heterocycles. The zero-order valence-electron chi connectivity index (χ0n) is 17.6. The quantitative estimate of drug-likeness (QED) is 0.419. The van der Waals surface area contributed by atoms with Gasteiger partial charge in [0.05, 0.1) is 20.3 Å². The molecule has 0 aliphatic rings. The van der Waals surface area contributed by atoms with Crippen molar-refractivity contribution in [2.45, 2.75) is 26.9 Å². The number of nitrogens with zero attached hydrogens (tertiary/aromatic N) is 1. The van der Waals surface area contributed by atoms with Gasteiger partial charge in [-0.05, 0) is 50.6 Å². The summed E-state index contributed by atoms with van der Waals surface area (Å²) in [6.07, 6.45) is -0.721. The summed E-state index contributed by atoms with van der Waals surface area (Å²) in [7, 11) is 1.60. The SMILES string of the molecule is CCNC(=NCC(O)COc1cccc(C)c1)Nc1ccc(OCC)c(OC)c1. The highest BCUT2D eigenvalue weighted by Gasteiger charge is 2.09. The molecule has 0 spiro atoms. The molecule has 2 aromatic carbocycles. The van der Waals surface area contributed by atoms with Crippen molar-refractivity contribution in [2.24, 2.45) is 4.99 Å². The molecular weight excluding hydrogens is 370 g/mol. The van der Waals surface area contributed by atoms with Crippen LogP contribution in [0.4, 0.5) is 5.69 Å². The van der Waals surface area contributed by atoms with Crippen LogP contribution in [0.1, 0.15) is 19.4 Å². The van der Waals surface area contributed by atoms with Crippen LogP contribution in [0.25, 0.3) is 0 Å². The lowest BCUT2D eigenvalue weighted by molar-refractivity contribution is 0.114. The van der Waals surface area contributed by atoms with Gasteiger partial charge in [0.1, 0.15) is 18.5 Å². The predicted octanol–water partition coefficient (Wildman–Crippen LogP) is 3.22. The molecule has 0 aliphatic heterocycles. The number of hydrogen-bond donors (Lipinski definition) is 3. The van der Waals surface area contributed by atoms with E-state index in [1.165, 1.54) is 0 Å². The highest BCUT2D eigenvalue weighted by atomic mass is 16.5. The summed E-state index contributed by atoms with van der Waals surface area (Å²) in [5.74, 6) is 2.62. The van der Waals surface area contributed by atoms with Gasteiger partial charge in [0, 0.05) is 18.3 Å². The van der Waals surface area contributed by atoms with Crippen LogP contribution in [0, 0.1) is 6.92 Å². The lowest BCUT2D eigenvalue weighted by Crippen LogP contribution is -2.32. The maximum absolute atomic E-state index is 10.2. The number of nitrogens with one attached hydrogen (secondary N) is 2. The molecule has 0 radical (unpaired) electrons. The summed E-state index contributed by atoms with van der Waals surface area (Å²) in [5.41, 5.74) is 1.91. The maximum Gasteiger partial charge on any atom is 0.195 e. The zero-order valence-corrected chi connectivity index (χ0v) is 17.6. The minimum atomic E-state index is -0.721. The van der Waals surface area contributed by atoms with E-state index in [-0.39, 0.29) is 13.2 Å². The van der Waals surface area contributed by atoms with Crippen molar-refractivity contribution in [1.82, 2.24) is 5.32 Å². The topological polar surface area (TPSA) is 84.3 Å². The third kappa shape index (κ3) is 7.54.